The van der Waals surface area contributed by atoms with Gasteiger partial charge in [0.2, 0.25) is 0 Å². The van der Waals surface area contributed by atoms with Crippen LogP contribution in [0.1, 0.15) is 31.0 Å². The average molecular weight is 474 g/mol. The van der Waals surface area contributed by atoms with Crippen molar-refractivity contribution in [3.8, 4) is 17.2 Å². The lowest BCUT2D eigenvalue weighted by atomic mass is 9.95. The van der Waals surface area contributed by atoms with E-state index in [1.807, 2.05) is 44.2 Å². The first-order valence-corrected chi connectivity index (χ1v) is 11.4. The summed E-state index contributed by atoms with van der Waals surface area (Å²) in [6, 6.07) is 20.2. The lowest BCUT2D eigenvalue weighted by Gasteiger charge is -2.26. The Hall–Kier alpha value is -4.26. The Balaban J connectivity index is 1.93. The highest BCUT2D eigenvalue weighted by Gasteiger charge is 2.47. The smallest absolute Gasteiger partial charge is 0.300 e. The molecule has 1 N–H and O–H groups in total. The van der Waals surface area contributed by atoms with Crippen LogP contribution in [0.2, 0.25) is 0 Å². The molecule has 4 rings (SSSR count). The monoisotopic (exact) mass is 473 g/mol. The molecule has 0 radical (unpaired) electrons. The van der Waals surface area contributed by atoms with E-state index < -0.39 is 17.7 Å². The van der Waals surface area contributed by atoms with Gasteiger partial charge < -0.3 is 19.3 Å². The molecule has 0 bridgehead atoms. The second-order valence-corrected chi connectivity index (χ2v) is 7.81. The largest absolute Gasteiger partial charge is 0.507 e. The van der Waals surface area contributed by atoms with E-state index in [9.17, 15) is 14.7 Å². The number of carbonyl (C=O) groups excluding carboxylic acids is 2. The molecule has 35 heavy (non-hydrogen) atoms. The van der Waals surface area contributed by atoms with Crippen LogP contribution in [-0.2, 0) is 9.59 Å². The van der Waals surface area contributed by atoms with Crippen LogP contribution in [0.15, 0.2) is 78.4 Å². The minimum atomic E-state index is -0.843. The summed E-state index contributed by atoms with van der Waals surface area (Å²) in [6.07, 6.45) is 0. The van der Waals surface area contributed by atoms with E-state index in [2.05, 4.69) is 0 Å². The number of ketones is 1. The molecule has 1 heterocycles. The Morgan fingerprint density at radius 3 is 2.31 bits per heavy atom. The predicted molar refractivity (Wildman–Crippen MR) is 133 cm³/mol. The molecule has 7 nitrogen and oxygen atoms in total. The van der Waals surface area contributed by atoms with Crippen LogP contribution in [0, 0.1) is 0 Å². The molecule has 1 aliphatic heterocycles. The molecule has 0 aliphatic carbocycles. The number of nitrogens with zero attached hydrogens (tertiary/aromatic N) is 1. The van der Waals surface area contributed by atoms with E-state index in [0.29, 0.717) is 47.3 Å². The van der Waals surface area contributed by atoms with E-state index in [-0.39, 0.29) is 11.3 Å². The van der Waals surface area contributed by atoms with Gasteiger partial charge in [-0.25, -0.2) is 0 Å². The summed E-state index contributed by atoms with van der Waals surface area (Å²) in [5, 5.41) is 11.5. The normalized spacial score (nSPS) is 16.9. The van der Waals surface area contributed by atoms with Gasteiger partial charge >= 0.3 is 0 Å². The highest BCUT2D eigenvalue weighted by atomic mass is 16.5. The van der Waals surface area contributed by atoms with Gasteiger partial charge in [-0.05, 0) is 43.7 Å². The maximum atomic E-state index is 13.4. The zero-order chi connectivity index (χ0) is 24.9. The molecule has 1 aliphatic rings. The second kappa shape index (κ2) is 10.3. The molecule has 0 spiro atoms. The summed E-state index contributed by atoms with van der Waals surface area (Å²) in [6.45, 7) is 4.50. The molecule has 1 amide bonds. The van der Waals surface area contributed by atoms with Crippen LogP contribution in [0.25, 0.3) is 5.76 Å². The van der Waals surface area contributed by atoms with E-state index in [4.69, 9.17) is 14.2 Å². The summed E-state index contributed by atoms with van der Waals surface area (Å²) in [5.41, 5.74) is 1.45. The number of anilines is 1. The Bertz CT molecular complexity index is 1270. The van der Waals surface area contributed by atoms with Crippen LogP contribution < -0.4 is 19.1 Å². The van der Waals surface area contributed by atoms with Crippen molar-refractivity contribution in [1.29, 1.82) is 0 Å². The number of ether oxygens (including phenoxy) is 3. The molecule has 1 atom stereocenters. The van der Waals surface area contributed by atoms with Gasteiger partial charge in [-0.1, -0.05) is 36.4 Å². The maximum Gasteiger partial charge on any atom is 0.300 e. The van der Waals surface area contributed by atoms with Crippen LogP contribution >= 0.6 is 0 Å². The van der Waals surface area contributed by atoms with Crippen LogP contribution in [0.5, 0.6) is 17.2 Å². The van der Waals surface area contributed by atoms with Gasteiger partial charge in [0.1, 0.15) is 23.0 Å². The number of rotatable bonds is 8. The van der Waals surface area contributed by atoms with Gasteiger partial charge in [0.05, 0.1) is 37.5 Å². The van der Waals surface area contributed by atoms with Crippen molar-refractivity contribution < 1.29 is 28.9 Å². The third kappa shape index (κ3) is 4.57. The van der Waals surface area contributed by atoms with Crippen LogP contribution in [0.4, 0.5) is 5.69 Å². The van der Waals surface area contributed by atoms with Gasteiger partial charge in [-0.15, -0.1) is 0 Å². The number of amides is 1. The molecular weight excluding hydrogens is 446 g/mol. The first kappa shape index (κ1) is 23.9. The summed E-state index contributed by atoms with van der Waals surface area (Å²) in [4.78, 5) is 28.1. The van der Waals surface area contributed by atoms with Crippen molar-refractivity contribution in [2.45, 2.75) is 19.9 Å². The fourth-order valence-electron chi connectivity index (χ4n) is 4.18. The summed E-state index contributed by atoms with van der Waals surface area (Å²) in [5.74, 6) is -0.359. The number of carbonyl (C=O) groups is 2. The molecule has 1 unspecified atom stereocenters. The van der Waals surface area contributed by atoms with E-state index >= 15 is 0 Å². The highest BCUT2D eigenvalue weighted by Crippen LogP contribution is 2.44. The lowest BCUT2D eigenvalue weighted by Crippen LogP contribution is -2.29. The van der Waals surface area contributed by atoms with Crippen molar-refractivity contribution >= 4 is 23.1 Å². The summed E-state index contributed by atoms with van der Waals surface area (Å²) < 4.78 is 16.6. The minimum absolute atomic E-state index is 0.0193. The Labute approximate surface area is 204 Å². The average Bonchev–Trinajstić information content (AvgIpc) is 3.15. The number of benzene rings is 3. The molecule has 3 aromatic rings. The molecular formula is C28H27NO6. The number of aliphatic hydroxyl groups excluding tert-OH is 1. The second-order valence-electron chi connectivity index (χ2n) is 7.81. The van der Waals surface area contributed by atoms with E-state index in [1.165, 1.54) is 12.0 Å². The molecule has 1 saturated heterocycles. The highest BCUT2D eigenvalue weighted by molar-refractivity contribution is 6.51. The van der Waals surface area contributed by atoms with Crippen molar-refractivity contribution in [3.63, 3.8) is 0 Å². The molecule has 3 aromatic carbocycles. The van der Waals surface area contributed by atoms with Gasteiger partial charge in [-0.2, -0.15) is 0 Å². The topological polar surface area (TPSA) is 85.3 Å². The maximum absolute atomic E-state index is 13.4. The van der Waals surface area contributed by atoms with Crippen molar-refractivity contribution in [2.24, 2.45) is 0 Å². The molecule has 180 valence electrons. The minimum Gasteiger partial charge on any atom is -0.507 e. The SMILES string of the molecule is CCOc1ccc(/C(O)=C2/C(=O)C(=O)N(c3cccc(OC)c3)C2c2ccccc2)c(OCC)c1. The fraction of sp³-hybridized carbons (Fsp3) is 0.214. The first-order chi connectivity index (χ1) is 17.0. The summed E-state index contributed by atoms with van der Waals surface area (Å²) >= 11 is 0. The third-order valence-corrected chi connectivity index (χ3v) is 5.71. The number of methoxy groups -OCH3 is 1. The quantitative estimate of drug-likeness (QED) is 0.278. The van der Waals surface area contributed by atoms with Gasteiger partial charge in [0.15, 0.2) is 0 Å². The van der Waals surface area contributed by atoms with Crippen molar-refractivity contribution in [3.05, 3.63) is 89.5 Å². The third-order valence-electron chi connectivity index (χ3n) is 5.71. The molecule has 7 heteroatoms. The molecule has 0 aromatic heterocycles. The molecule has 1 fully saturated rings. The standard InChI is InChI=1S/C28H27NO6/c1-4-34-21-14-15-22(23(17-21)35-5-2)26(30)24-25(18-10-7-6-8-11-18)29(28(32)27(24)31)19-12-9-13-20(16-19)33-3/h6-17,25,30H,4-5H2,1-3H3/b26-24-. The number of aliphatic hydroxyl groups is 1. The van der Waals surface area contributed by atoms with E-state index in [0.717, 1.165) is 0 Å². The van der Waals surface area contributed by atoms with Gasteiger partial charge in [0, 0.05) is 17.8 Å². The fourth-order valence-corrected chi connectivity index (χ4v) is 4.18. The Morgan fingerprint density at radius 2 is 1.63 bits per heavy atom. The zero-order valence-electron chi connectivity index (χ0n) is 19.9. The zero-order valence-corrected chi connectivity index (χ0v) is 19.9. The Kier molecular flexibility index (Phi) is 7.06. The first-order valence-electron chi connectivity index (χ1n) is 11.4. The number of hydrogen-bond donors (Lipinski definition) is 1. The Morgan fingerprint density at radius 1 is 0.886 bits per heavy atom. The van der Waals surface area contributed by atoms with Crippen LogP contribution in [-0.4, -0.2) is 37.1 Å². The van der Waals surface area contributed by atoms with E-state index in [1.54, 1.807) is 42.5 Å². The number of Topliss-reactive ketones (excluding diaryl/α,β-unsaturated/α-hetero) is 1. The number of hydrogen-bond acceptors (Lipinski definition) is 6. The van der Waals surface area contributed by atoms with Gasteiger partial charge in [0.25, 0.3) is 11.7 Å². The predicted octanol–water partition coefficient (Wildman–Crippen LogP) is 5.12. The van der Waals surface area contributed by atoms with Crippen LogP contribution in [0.3, 0.4) is 0 Å². The van der Waals surface area contributed by atoms with Gasteiger partial charge in [-0.3, -0.25) is 14.5 Å². The van der Waals surface area contributed by atoms with Crippen molar-refractivity contribution in [1.82, 2.24) is 0 Å². The lowest BCUT2D eigenvalue weighted by molar-refractivity contribution is -0.132. The van der Waals surface area contributed by atoms with Crippen molar-refractivity contribution in [2.75, 3.05) is 25.2 Å². The summed E-state index contributed by atoms with van der Waals surface area (Å²) in [7, 11) is 1.53. The molecule has 0 saturated carbocycles.